The smallest absolute Gasteiger partial charge is 0.335 e. The zero-order valence-electron chi connectivity index (χ0n) is 14.7. The molecule has 2 aromatic carbocycles. The molecule has 3 rings (SSSR count). The molecule has 0 saturated heterocycles. The van der Waals surface area contributed by atoms with Gasteiger partial charge in [-0.05, 0) is 35.7 Å². The van der Waals surface area contributed by atoms with Gasteiger partial charge in [-0.15, -0.1) is 0 Å². The Morgan fingerprint density at radius 3 is 2.37 bits per heavy atom. The molecular formula is C19H17ClN2O4S. The number of halogens is 1. The van der Waals surface area contributed by atoms with E-state index in [1.54, 1.807) is 26.1 Å². The summed E-state index contributed by atoms with van der Waals surface area (Å²) < 4.78 is 27.2. The van der Waals surface area contributed by atoms with Crippen molar-refractivity contribution in [2.24, 2.45) is 7.05 Å². The number of benzene rings is 2. The molecule has 0 aliphatic rings. The van der Waals surface area contributed by atoms with Gasteiger partial charge in [0.25, 0.3) is 0 Å². The molecule has 0 fully saturated rings. The third-order valence-corrected chi connectivity index (χ3v) is 6.55. The van der Waals surface area contributed by atoms with Gasteiger partial charge in [0.15, 0.2) is 9.84 Å². The maximum atomic E-state index is 12.9. The lowest BCUT2D eigenvalue weighted by Gasteiger charge is -2.10. The number of carbonyl (C=O) groups is 1. The largest absolute Gasteiger partial charge is 0.478 e. The summed E-state index contributed by atoms with van der Waals surface area (Å²) in [4.78, 5) is 11.5. The fraction of sp³-hybridized carbons (Fsp3) is 0.158. The number of carboxylic acid groups (broad SMARTS) is 1. The van der Waals surface area contributed by atoms with Crippen molar-refractivity contribution >= 4 is 27.4 Å². The molecule has 0 atom stereocenters. The van der Waals surface area contributed by atoms with Crippen molar-refractivity contribution in [3.63, 3.8) is 0 Å². The molecule has 0 spiro atoms. The van der Waals surface area contributed by atoms with E-state index < -0.39 is 21.6 Å². The molecule has 6 nitrogen and oxygen atoms in total. The molecule has 0 unspecified atom stereocenters. The van der Waals surface area contributed by atoms with Crippen molar-refractivity contribution in [1.29, 1.82) is 0 Å². The first-order chi connectivity index (χ1) is 12.7. The molecule has 0 aliphatic heterocycles. The number of hydrogen-bond donors (Lipinski definition) is 1. The summed E-state index contributed by atoms with van der Waals surface area (Å²) in [6.45, 7) is 1.55. The van der Waals surface area contributed by atoms with Gasteiger partial charge in [0.2, 0.25) is 0 Å². The second-order valence-corrected chi connectivity index (χ2v) is 8.42. The van der Waals surface area contributed by atoms with Crippen molar-refractivity contribution in [1.82, 2.24) is 9.78 Å². The fourth-order valence-electron chi connectivity index (χ4n) is 2.97. The predicted molar refractivity (Wildman–Crippen MR) is 103 cm³/mol. The molecule has 27 heavy (non-hydrogen) atoms. The number of aryl methyl sites for hydroxylation is 2. The Bertz CT molecular complexity index is 1120. The second-order valence-electron chi connectivity index (χ2n) is 6.13. The van der Waals surface area contributed by atoms with Gasteiger partial charge in [-0.1, -0.05) is 48.0 Å². The van der Waals surface area contributed by atoms with Gasteiger partial charge < -0.3 is 5.11 Å². The van der Waals surface area contributed by atoms with Crippen LogP contribution in [-0.4, -0.2) is 29.3 Å². The van der Waals surface area contributed by atoms with Gasteiger partial charge in [0, 0.05) is 7.05 Å². The maximum absolute atomic E-state index is 12.9. The number of hydrogen-bond acceptors (Lipinski definition) is 4. The minimum absolute atomic E-state index is 0.00332. The van der Waals surface area contributed by atoms with Gasteiger partial charge in [0.05, 0.1) is 17.0 Å². The summed E-state index contributed by atoms with van der Waals surface area (Å²) in [5.41, 5.74) is 2.01. The highest BCUT2D eigenvalue weighted by Crippen LogP contribution is 2.30. The topological polar surface area (TPSA) is 89.3 Å². The lowest BCUT2D eigenvalue weighted by atomic mass is 10.00. The average molecular weight is 405 g/mol. The third kappa shape index (κ3) is 3.74. The number of rotatable bonds is 5. The minimum atomic E-state index is -3.89. The quantitative estimate of drug-likeness (QED) is 0.700. The van der Waals surface area contributed by atoms with Crippen LogP contribution in [0.25, 0.3) is 11.1 Å². The van der Waals surface area contributed by atoms with Crippen LogP contribution >= 0.6 is 11.6 Å². The summed E-state index contributed by atoms with van der Waals surface area (Å²) >= 11 is 6.10. The summed E-state index contributed by atoms with van der Waals surface area (Å²) in [5, 5.41) is 13.5. The third-order valence-electron chi connectivity index (χ3n) is 4.20. The van der Waals surface area contributed by atoms with Crippen molar-refractivity contribution in [3.05, 3.63) is 70.5 Å². The lowest BCUT2D eigenvalue weighted by molar-refractivity contribution is 0.0696. The van der Waals surface area contributed by atoms with Gasteiger partial charge in [0.1, 0.15) is 10.0 Å². The van der Waals surface area contributed by atoms with E-state index in [1.807, 2.05) is 30.3 Å². The maximum Gasteiger partial charge on any atom is 0.335 e. The molecule has 0 amide bonds. The van der Waals surface area contributed by atoms with Crippen LogP contribution in [-0.2, 0) is 22.6 Å². The number of aromatic nitrogens is 2. The van der Waals surface area contributed by atoms with Crippen LogP contribution in [0.15, 0.2) is 53.4 Å². The van der Waals surface area contributed by atoms with E-state index in [0.717, 1.165) is 11.1 Å². The number of carboxylic acids is 1. The fourth-order valence-corrected chi connectivity index (χ4v) is 5.17. The van der Waals surface area contributed by atoms with Crippen molar-refractivity contribution in [2.75, 3.05) is 0 Å². The normalized spacial score (nSPS) is 11.5. The number of sulfone groups is 1. The molecule has 0 bridgehead atoms. The highest BCUT2D eigenvalue weighted by atomic mass is 35.5. The summed E-state index contributed by atoms with van der Waals surface area (Å²) in [7, 11) is -2.34. The van der Waals surface area contributed by atoms with Gasteiger partial charge >= 0.3 is 5.97 Å². The second kappa shape index (κ2) is 7.17. The first kappa shape index (κ1) is 19.1. The molecule has 1 N–H and O–H groups in total. The molecule has 1 aromatic heterocycles. The van der Waals surface area contributed by atoms with E-state index in [1.165, 1.54) is 10.7 Å². The summed E-state index contributed by atoms with van der Waals surface area (Å²) in [6, 6.07) is 14.0. The minimum Gasteiger partial charge on any atom is -0.478 e. The standard InChI is InChI=1S/C19H17ClN2O4S/c1-12-17(18(20)22(2)21-12)27(25,26)11-15-10-14(8-9-16(15)19(23)24)13-6-4-3-5-7-13/h3-10H,11H2,1-2H3,(H,23,24). The summed E-state index contributed by atoms with van der Waals surface area (Å²) in [5.74, 6) is -1.67. The number of nitrogens with zero attached hydrogens (tertiary/aromatic N) is 2. The zero-order valence-corrected chi connectivity index (χ0v) is 16.3. The Balaban J connectivity index is 2.11. The molecule has 0 saturated carbocycles. The van der Waals surface area contributed by atoms with Crippen molar-refractivity contribution in [2.45, 2.75) is 17.6 Å². The Hall–Kier alpha value is -2.64. The van der Waals surface area contributed by atoms with Crippen LogP contribution in [0.3, 0.4) is 0 Å². The van der Waals surface area contributed by atoms with Gasteiger partial charge in [-0.2, -0.15) is 5.10 Å². The Kier molecular flexibility index (Phi) is 5.08. The first-order valence-electron chi connectivity index (χ1n) is 8.04. The van der Waals surface area contributed by atoms with Crippen LogP contribution in [0.4, 0.5) is 0 Å². The lowest BCUT2D eigenvalue weighted by Crippen LogP contribution is -2.11. The molecule has 8 heteroatoms. The Morgan fingerprint density at radius 2 is 1.81 bits per heavy atom. The predicted octanol–water partition coefficient (Wildman–Crippen LogP) is 3.72. The Labute approximate surface area is 161 Å². The van der Waals surface area contributed by atoms with E-state index in [4.69, 9.17) is 11.6 Å². The molecule has 3 aromatic rings. The highest BCUT2D eigenvalue weighted by molar-refractivity contribution is 7.90. The van der Waals surface area contributed by atoms with E-state index in [2.05, 4.69) is 5.10 Å². The monoisotopic (exact) mass is 404 g/mol. The molecule has 0 radical (unpaired) electrons. The summed E-state index contributed by atoms with van der Waals surface area (Å²) in [6.07, 6.45) is 0. The Morgan fingerprint density at radius 1 is 1.15 bits per heavy atom. The van der Waals surface area contributed by atoms with E-state index in [9.17, 15) is 18.3 Å². The van der Waals surface area contributed by atoms with Crippen LogP contribution in [0.2, 0.25) is 5.15 Å². The molecule has 140 valence electrons. The van der Waals surface area contributed by atoms with E-state index in [0.29, 0.717) is 0 Å². The van der Waals surface area contributed by atoms with Gasteiger partial charge in [-0.25, -0.2) is 13.2 Å². The van der Waals surface area contributed by atoms with Crippen molar-refractivity contribution in [3.8, 4) is 11.1 Å². The molecule has 0 aliphatic carbocycles. The number of aromatic carboxylic acids is 1. The molecule has 1 heterocycles. The van der Waals surface area contributed by atoms with Crippen LogP contribution < -0.4 is 0 Å². The van der Waals surface area contributed by atoms with E-state index in [-0.39, 0.29) is 26.9 Å². The molecular weight excluding hydrogens is 388 g/mol. The van der Waals surface area contributed by atoms with Crippen LogP contribution in [0.5, 0.6) is 0 Å². The zero-order chi connectivity index (χ0) is 19.8. The van der Waals surface area contributed by atoms with Gasteiger partial charge in [-0.3, -0.25) is 4.68 Å². The van der Waals surface area contributed by atoms with Crippen LogP contribution in [0, 0.1) is 6.92 Å². The van der Waals surface area contributed by atoms with E-state index >= 15 is 0 Å². The first-order valence-corrected chi connectivity index (χ1v) is 10.1. The van der Waals surface area contributed by atoms with Crippen molar-refractivity contribution < 1.29 is 18.3 Å². The highest BCUT2D eigenvalue weighted by Gasteiger charge is 2.27. The van der Waals surface area contributed by atoms with Crippen LogP contribution in [0.1, 0.15) is 21.6 Å². The SMILES string of the molecule is Cc1nn(C)c(Cl)c1S(=O)(=O)Cc1cc(-c2ccccc2)ccc1C(=O)O. The average Bonchev–Trinajstić information content (AvgIpc) is 2.87.